The van der Waals surface area contributed by atoms with E-state index in [1.165, 1.54) is 12.8 Å². The molecule has 5 heteroatoms. The summed E-state index contributed by atoms with van der Waals surface area (Å²) in [7, 11) is 0. The highest BCUT2D eigenvalue weighted by atomic mass is 16.2. The quantitative estimate of drug-likeness (QED) is 0.888. The Morgan fingerprint density at radius 1 is 1.30 bits per heavy atom. The molecule has 1 N–H and O–H groups in total. The Morgan fingerprint density at radius 2 is 2.04 bits per heavy atom. The van der Waals surface area contributed by atoms with Crippen LogP contribution in [0, 0.1) is 5.92 Å². The molecule has 1 saturated carbocycles. The zero-order valence-corrected chi connectivity index (χ0v) is 13.7. The lowest BCUT2D eigenvalue weighted by Gasteiger charge is -2.28. The monoisotopic (exact) mass is 312 g/mol. The lowest BCUT2D eigenvalue weighted by Crippen LogP contribution is -2.47. The lowest BCUT2D eigenvalue weighted by molar-refractivity contribution is 0.238. The molecule has 1 heterocycles. The minimum absolute atomic E-state index is 0.00665. The molecule has 0 saturated heterocycles. The first kappa shape index (κ1) is 15.6. The predicted octanol–water partition coefficient (Wildman–Crippen LogP) is 3.46. The molecule has 1 fully saturated rings. The summed E-state index contributed by atoms with van der Waals surface area (Å²) in [5.74, 6) is 0.639. The Morgan fingerprint density at radius 3 is 2.65 bits per heavy atom. The summed E-state index contributed by atoms with van der Waals surface area (Å²) >= 11 is 0. The van der Waals surface area contributed by atoms with Gasteiger partial charge in [-0.05, 0) is 50.8 Å². The van der Waals surface area contributed by atoms with Crippen molar-refractivity contribution in [3.05, 3.63) is 48.8 Å². The minimum atomic E-state index is -0.0328. The normalized spacial score (nSPS) is 16.6. The molecule has 0 bridgehead atoms. The fraction of sp³-hybridized carbons (Fsp3) is 0.444. The zero-order chi connectivity index (χ0) is 16.2. The number of benzene rings is 1. The van der Waals surface area contributed by atoms with Crippen LogP contribution in [-0.4, -0.2) is 28.4 Å². The van der Waals surface area contributed by atoms with Gasteiger partial charge in [0.05, 0.1) is 6.04 Å². The number of para-hydroxylation sites is 1. The van der Waals surface area contributed by atoms with Crippen LogP contribution in [0.4, 0.5) is 10.5 Å². The number of hydrogen-bond acceptors (Lipinski definition) is 2. The summed E-state index contributed by atoms with van der Waals surface area (Å²) in [5.41, 5.74) is 0.954. The zero-order valence-electron chi connectivity index (χ0n) is 13.7. The second-order valence-corrected chi connectivity index (χ2v) is 6.35. The number of nitrogens with zero attached hydrogens (tertiary/aromatic N) is 3. The third-order valence-corrected chi connectivity index (χ3v) is 4.47. The fourth-order valence-electron chi connectivity index (χ4n) is 2.62. The van der Waals surface area contributed by atoms with Crippen molar-refractivity contribution in [3.8, 4) is 0 Å². The summed E-state index contributed by atoms with van der Waals surface area (Å²) in [5, 5.41) is 7.38. The summed E-state index contributed by atoms with van der Waals surface area (Å²) in [6, 6.07) is 11.9. The average Bonchev–Trinajstić information content (AvgIpc) is 3.22. The van der Waals surface area contributed by atoms with Crippen molar-refractivity contribution in [2.45, 2.75) is 38.8 Å². The molecule has 0 radical (unpaired) electrons. The molecule has 1 aromatic heterocycles. The van der Waals surface area contributed by atoms with Gasteiger partial charge < -0.3 is 5.32 Å². The van der Waals surface area contributed by atoms with Gasteiger partial charge in [-0.3, -0.25) is 9.58 Å². The van der Waals surface area contributed by atoms with Crippen LogP contribution in [-0.2, 0) is 0 Å². The van der Waals surface area contributed by atoms with Crippen LogP contribution in [0.1, 0.15) is 32.7 Å². The number of carbonyl (C=O) groups is 1. The Kier molecular flexibility index (Phi) is 4.65. The molecule has 5 nitrogen and oxygen atoms in total. The number of amides is 2. The van der Waals surface area contributed by atoms with Crippen molar-refractivity contribution in [1.29, 1.82) is 0 Å². The van der Waals surface area contributed by atoms with E-state index >= 15 is 0 Å². The Hall–Kier alpha value is -2.30. The van der Waals surface area contributed by atoms with E-state index in [2.05, 4.69) is 17.3 Å². The van der Waals surface area contributed by atoms with Crippen LogP contribution < -0.4 is 10.2 Å². The van der Waals surface area contributed by atoms with Gasteiger partial charge >= 0.3 is 6.03 Å². The van der Waals surface area contributed by atoms with Crippen LogP contribution in [0.3, 0.4) is 0 Å². The van der Waals surface area contributed by atoms with E-state index in [4.69, 9.17) is 0 Å². The average molecular weight is 312 g/mol. The first-order chi connectivity index (χ1) is 11.1. The maximum atomic E-state index is 12.8. The number of aromatic nitrogens is 2. The maximum Gasteiger partial charge on any atom is 0.322 e. The Balaban J connectivity index is 1.68. The standard InChI is InChI=1S/C18H24N4O/c1-14(15(2)22-12-6-11-19-22)20-18(23)21(13-16-9-10-16)17-7-4-3-5-8-17/h3-8,11-12,14-16H,9-10,13H2,1-2H3,(H,20,23)/t14-,15+/m1/s1. The van der Waals surface area contributed by atoms with Gasteiger partial charge in [0, 0.05) is 30.7 Å². The van der Waals surface area contributed by atoms with Crippen molar-refractivity contribution in [3.63, 3.8) is 0 Å². The Labute approximate surface area is 137 Å². The van der Waals surface area contributed by atoms with Crippen molar-refractivity contribution >= 4 is 11.7 Å². The number of nitrogens with one attached hydrogen (secondary N) is 1. The lowest BCUT2D eigenvalue weighted by atomic mass is 10.2. The third kappa shape index (κ3) is 3.92. The minimum Gasteiger partial charge on any atom is -0.333 e. The van der Waals surface area contributed by atoms with Crippen LogP contribution in [0.5, 0.6) is 0 Å². The van der Waals surface area contributed by atoms with E-state index in [1.807, 2.05) is 59.1 Å². The second-order valence-electron chi connectivity index (χ2n) is 6.35. The van der Waals surface area contributed by atoms with Crippen LogP contribution in [0.15, 0.2) is 48.8 Å². The second kappa shape index (κ2) is 6.86. The molecule has 122 valence electrons. The molecule has 3 rings (SSSR count). The molecule has 1 aliphatic rings. The van der Waals surface area contributed by atoms with E-state index in [-0.39, 0.29) is 18.1 Å². The summed E-state index contributed by atoms with van der Waals surface area (Å²) in [6.07, 6.45) is 6.12. The molecule has 2 atom stereocenters. The molecule has 0 spiro atoms. The van der Waals surface area contributed by atoms with E-state index in [9.17, 15) is 4.79 Å². The van der Waals surface area contributed by atoms with Gasteiger partial charge in [-0.15, -0.1) is 0 Å². The first-order valence-corrected chi connectivity index (χ1v) is 8.27. The van der Waals surface area contributed by atoms with Gasteiger partial charge in [0.1, 0.15) is 0 Å². The largest absolute Gasteiger partial charge is 0.333 e. The smallest absolute Gasteiger partial charge is 0.322 e. The SMILES string of the molecule is C[C@@H](NC(=O)N(CC1CC1)c1ccccc1)[C@H](C)n1cccn1. The third-order valence-electron chi connectivity index (χ3n) is 4.47. The summed E-state index contributed by atoms with van der Waals surface area (Å²) < 4.78 is 1.87. The van der Waals surface area contributed by atoms with Gasteiger partial charge in [0.25, 0.3) is 0 Å². The number of hydrogen-bond donors (Lipinski definition) is 1. The number of anilines is 1. The number of carbonyl (C=O) groups excluding carboxylic acids is 1. The molecule has 0 aliphatic heterocycles. The van der Waals surface area contributed by atoms with Gasteiger partial charge in [-0.1, -0.05) is 18.2 Å². The molecule has 1 aromatic carbocycles. The molecule has 2 amide bonds. The predicted molar refractivity (Wildman–Crippen MR) is 91.4 cm³/mol. The van der Waals surface area contributed by atoms with Gasteiger partial charge in [-0.2, -0.15) is 5.10 Å². The molecule has 1 aliphatic carbocycles. The Bertz CT molecular complexity index is 622. The highest BCUT2D eigenvalue weighted by molar-refractivity contribution is 5.92. The van der Waals surface area contributed by atoms with Crippen molar-refractivity contribution in [1.82, 2.24) is 15.1 Å². The summed E-state index contributed by atoms with van der Waals surface area (Å²) in [4.78, 5) is 14.6. The van der Waals surface area contributed by atoms with Crippen molar-refractivity contribution < 1.29 is 4.79 Å². The molecule has 2 aromatic rings. The topological polar surface area (TPSA) is 50.2 Å². The highest BCUT2D eigenvalue weighted by Crippen LogP contribution is 2.31. The highest BCUT2D eigenvalue weighted by Gasteiger charge is 2.29. The van der Waals surface area contributed by atoms with Crippen LogP contribution >= 0.6 is 0 Å². The molecule has 0 unspecified atom stereocenters. The van der Waals surface area contributed by atoms with Crippen LogP contribution in [0.25, 0.3) is 0 Å². The van der Waals surface area contributed by atoms with E-state index in [0.717, 1.165) is 12.2 Å². The van der Waals surface area contributed by atoms with Crippen molar-refractivity contribution in [2.24, 2.45) is 5.92 Å². The molecular weight excluding hydrogens is 288 g/mol. The van der Waals surface area contributed by atoms with E-state index in [1.54, 1.807) is 6.20 Å². The van der Waals surface area contributed by atoms with Crippen LogP contribution in [0.2, 0.25) is 0 Å². The molecule has 23 heavy (non-hydrogen) atoms. The first-order valence-electron chi connectivity index (χ1n) is 8.27. The van der Waals surface area contributed by atoms with Gasteiger partial charge in [0.2, 0.25) is 0 Å². The maximum absolute atomic E-state index is 12.8. The van der Waals surface area contributed by atoms with Gasteiger partial charge in [0.15, 0.2) is 0 Å². The fourth-order valence-corrected chi connectivity index (χ4v) is 2.62. The summed E-state index contributed by atoms with van der Waals surface area (Å²) in [6.45, 7) is 4.87. The van der Waals surface area contributed by atoms with E-state index < -0.39 is 0 Å². The number of rotatable bonds is 6. The van der Waals surface area contributed by atoms with Crippen molar-refractivity contribution in [2.75, 3.05) is 11.4 Å². The molecular formula is C18H24N4O. The number of urea groups is 1. The van der Waals surface area contributed by atoms with Gasteiger partial charge in [-0.25, -0.2) is 4.79 Å². The van der Waals surface area contributed by atoms with E-state index in [0.29, 0.717) is 5.92 Å².